The molecule has 2 aliphatic carbocycles. The van der Waals surface area contributed by atoms with Crippen LogP contribution in [0.4, 0.5) is 5.69 Å². The molecule has 0 bridgehead atoms. The molecule has 8 aromatic rings. The SMILES string of the molecule is [C-]#[N+]c1cccc2c1-c1cc(-c3cccc(-c4nc(-c5ccccc5)nc(-c5ccccc5)n4)c3)ccc1C21c2ccccc2-c2ccccc21. The van der Waals surface area contributed by atoms with Gasteiger partial charge in [-0.05, 0) is 67.8 Å². The van der Waals surface area contributed by atoms with Crippen molar-refractivity contribution in [3.63, 3.8) is 0 Å². The maximum Gasteiger partial charge on any atom is 0.195 e. The summed E-state index contributed by atoms with van der Waals surface area (Å²) in [5.74, 6) is 1.88. The van der Waals surface area contributed by atoms with E-state index in [-0.39, 0.29) is 0 Å². The summed E-state index contributed by atoms with van der Waals surface area (Å²) in [5.41, 5.74) is 14.6. The minimum atomic E-state index is -0.495. The van der Waals surface area contributed by atoms with Gasteiger partial charge in [0, 0.05) is 16.7 Å². The first-order chi connectivity index (χ1) is 25.2. The van der Waals surface area contributed by atoms with Gasteiger partial charge in [-0.2, -0.15) is 0 Å². The van der Waals surface area contributed by atoms with E-state index in [2.05, 4.69) is 102 Å². The molecule has 0 unspecified atom stereocenters. The van der Waals surface area contributed by atoms with Crippen molar-refractivity contribution in [2.24, 2.45) is 0 Å². The summed E-state index contributed by atoms with van der Waals surface area (Å²) in [6, 6.07) is 59.0. The van der Waals surface area contributed by atoms with Gasteiger partial charge in [0.05, 0.1) is 12.0 Å². The summed E-state index contributed by atoms with van der Waals surface area (Å²) in [6.45, 7) is 8.21. The minimum Gasteiger partial charge on any atom is -0.238 e. The third kappa shape index (κ3) is 4.29. The Hall–Kier alpha value is -6.96. The third-order valence-corrected chi connectivity index (χ3v) is 10.4. The maximum atomic E-state index is 8.21. The zero-order valence-corrected chi connectivity index (χ0v) is 27.5. The van der Waals surface area contributed by atoms with Crippen LogP contribution in [0, 0.1) is 6.57 Å². The summed E-state index contributed by atoms with van der Waals surface area (Å²) in [7, 11) is 0. The van der Waals surface area contributed by atoms with Crippen molar-refractivity contribution in [1.82, 2.24) is 15.0 Å². The van der Waals surface area contributed by atoms with Crippen molar-refractivity contribution < 1.29 is 0 Å². The maximum absolute atomic E-state index is 8.21. The first-order valence-corrected chi connectivity index (χ1v) is 17.1. The van der Waals surface area contributed by atoms with Crippen LogP contribution >= 0.6 is 0 Å². The highest BCUT2D eigenvalue weighted by atomic mass is 15.0. The number of rotatable bonds is 4. The normalized spacial score (nSPS) is 12.8. The van der Waals surface area contributed by atoms with Gasteiger partial charge in [0.15, 0.2) is 23.2 Å². The predicted molar refractivity (Wildman–Crippen MR) is 204 cm³/mol. The lowest BCUT2D eigenvalue weighted by atomic mass is 9.70. The highest BCUT2D eigenvalue weighted by molar-refractivity contribution is 6.00. The molecule has 10 rings (SSSR count). The Labute approximate surface area is 296 Å². The Morgan fingerprint density at radius 1 is 0.373 bits per heavy atom. The molecule has 4 nitrogen and oxygen atoms in total. The van der Waals surface area contributed by atoms with Crippen LogP contribution < -0.4 is 0 Å². The Morgan fingerprint density at radius 2 is 0.843 bits per heavy atom. The molecule has 2 aliphatic rings. The Morgan fingerprint density at radius 3 is 1.47 bits per heavy atom. The molecule has 0 atom stereocenters. The minimum absolute atomic E-state index is 0.495. The molecule has 51 heavy (non-hydrogen) atoms. The van der Waals surface area contributed by atoms with Crippen molar-refractivity contribution >= 4 is 5.69 Å². The zero-order valence-electron chi connectivity index (χ0n) is 27.5. The van der Waals surface area contributed by atoms with Crippen LogP contribution in [0.2, 0.25) is 0 Å². The van der Waals surface area contributed by atoms with E-state index in [1.54, 1.807) is 0 Å². The molecule has 0 N–H and O–H groups in total. The quantitative estimate of drug-likeness (QED) is 0.178. The van der Waals surface area contributed by atoms with Crippen LogP contribution in [0.25, 0.3) is 72.4 Å². The molecule has 7 aromatic carbocycles. The van der Waals surface area contributed by atoms with Crippen LogP contribution in [-0.2, 0) is 5.41 Å². The molecule has 1 aromatic heterocycles. The van der Waals surface area contributed by atoms with Crippen molar-refractivity contribution in [3.05, 3.63) is 204 Å². The first-order valence-electron chi connectivity index (χ1n) is 17.1. The van der Waals surface area contributed by atoms with Gasteiger partial charge in [-0.15, -0.1) is 0 Å². The average molecular weight is 649 g/mol. The van der Waals surface area contributed by atoms with E-state index < -0.39 is 5.41 Å². The lowest BCUT2D eigenvalue weighted by Crippen LogP contribution is -2.25. The first kappa shape index (κ1) is 29.0. The predicted octanol–water partition coefficient (Wildman–Crippen LogP) is 11.4. The summed E-state index contributed by atoms with van der Waals surface area (Å²) < 4.78 is 0. The molecule has 4 heteroatoms. The number of aromatic nitrogens is 3. The number of fused-ring (bicyclic) bond motifs is 10. The average Bonchev–Trinajstić information content (AvgIpc) is 3.68. The summed E-state index contributed by atoms with van der Waals surface area (Å²) >= 11 is 0. The van der Waals surface area contributed by atoms with E-state index in [1.807, 2.05) is 72.8 Å². The van der Waals surface area contributed by atoms with Gasteiger partial charge in [-0.1, -0.05) is 158 Å². The fraction of sp³-hybridized carbons (Fsp3) is 0.0213. The highest BCUT2D eigenvalue weighted by Crippen LogP contribution is 2.64. The van der Waals surface area contributed by atoms with Crippen molar-refractivity contribution in [2.45, 2.75) is 5.41 Å². The number of benzene rings is 7. The second kappa shape index (κ2) is 11.3. The second-order valence-electron chi connectivity index (χ2n) is 13.0. The molecular formula is C47H28N4. The van der Waals surface area contributed by atoms with E-state index in [1.165, 1.54) is 33.4 Å². The van der Waals surface area contributed by atoms with Gasteiger partial charge in [0.1, 0.15) is 0 Å². The van der Waals surface area contributed by atoms with Crippen LogP contribution in [0.5, 0.6) is 0 Å². The molecule has 236 valence electrons. The molecule has 0 saturated heterocycles. The lowest BCUT2D eigenvalue weighted by molar-refractivity contribution is 0.794. The van der Waals surface area contributed by atoms with E-state index in [0.29, 0.717) is 23.2 Å². The lowest BCUT2D eigenvalue weighted by Gasteiger charge is -2.30. The van der Waals surface area contributed by atoms with Gasteiger partial charge >= 0.3 is 0 Å². The highest BCUT2D eigenvalue weighted by Gasteiger charge is 2.51. The zero-order chi connectivity index (χ0) is 33.9. The van der Waals surface area contributed by atoms with Gasteiger partial charge < -0.3 is 0 Å². The number of hydrogen-bond acceptors (Lipinski definition) is 3. The number of hydrogen-bond donors (Lipinski definition) is 0. The standard InChI is InChI=1S/C47H28N4/c1-48-42-25-13-24-41-43(42)37-29-33(26-27-40(37)47(41)38-22-10-8-20-35(38)36-21-9-11-23-39(36)47)32-18-12-19-34(28-32)46-50-44(30-14-4-2-5-15-30)49-45(51-46)31-16-6-3-7-17-31/h2-29H. The largest absolute Gasteiger partial charge is 0.238 e. The Balaban J connectivity index is 1.16. The van der Waals surface area contributed by atoms with E-state index in [0.717, 1.165) is 38.9 Å². The number of nitrogens with zero attached hydrogens (tertiary/aromatic N) is 4. The Kier molecular flexibility index (Phi) is 6.43. The van der Waals surface area contributed by atoms with Crippen LogP contribution in [0.15, 0.2) is 170 Å². The molecule has 0 amide bonds. The van der Waals surface area contributed by atoms with E-state index in [9.17, 15) is 0 Å². The monoisotopic (exact) mass is 648 g/mol. The van der Waals surface area contributed by atoms with Crippen LogP contribution in [-0.4, -0.2) is 15.0 Å². The van der Waals surface area contributed by atoms with Gasteiger partial charge in [0.2, 0.25) is 0 Å². The van der Waals surface area contributed by atoms with Gasteiger partial charge in [-0.25, -0.2) is 19.8 Å². The summed E-state index contributed by atoms with van der Waals surface area (Å²) in [5, 5.41) is 0. The molecular weight excluding hydrogens is 621 g/mol. The van der Waals surface area contributed by atoms with Crippen molar-refractivity contribution in [2.75, 3.05) is 0 Å². The summed E-state index contributed by atoms with van der Waals surface area (Å²) in [4.78, 5) is 18.9. The fourth-order valence-corrected chi connectivity index (χ4v) is 8.22. The fourth-order valence-electron chi connectivity index (χ4n) is 8.22. The molecule has 1 spiro atoms. The molecule has 0 fully saturated rings. The topological polar surface area (TPSA) is 43.0 Å². The van der Waals surface area contributed by atoms with Gasteiger partial charge in [0.25, 0.3) is 0 Å². The second-order valence-corrected chi connectivity index (χ2v) is 13.0. The molecule has 0 radical (unpaired) electrons. The van der Waals surface area contributed by atoms with Crippen LogP contribution in [0.1, 0.15) is 22.3 Å². The van der Waals surface area contributed by atoms with Crippen LogP contribution in [0.3, 0.4) is 0 Å². The Bertz CT molecular complexity index is 2600. The van der Waals surface area contributed by atoms with E-state index >= 15 is 0 Å². The van der Waals surface area contributed by atoms with Gasteiger partial charge in [-0.3, -0.25) is 0 Å². The van der Waals surface area contributed by atoms with E-state index in [4.69, 9.17) is 21.5 Å². The smallest absolute Gasteiger partial charge is 0.195 e. The third-order valence-electron chi connectivity index (χ3n) is 10.4. The van der Waals surface area contributed by atoms with Crippen molar-refractivity contribution in [1.29, 1.82) is 0 Å². The van der Waals surface area contributed by atoms with Crippen molar-refractivity contribution in [3.8, 4) is 67.5 Å². The summed E-state index contributed by atoms with van der Waals surface area (Å²) in [6.07, 6.45) is 0. The molecule has 1 heterocycles. The molecule has 0 saturated carbocycles. The molecule has 0 aliphatic heterocycles.